The fourth-order valence-electron chi connectivity index (χ4n) is 3.76. The lowest BCUT2D eigenvalue weighted by molar-refractivity contribution is 0.0162. The molecule has 1 unspecified atom stereocenters. The fourth-order valence-corrected chi connectivity index (χ4v) is 4.02. The van der Waals surface area contributed by atoms with E-state index in [-0.39, 0.29) is 11.9 Å². The van der Waals surface area contributed by atoms with Crippen LogP contribution in [-0.2, 0) is 17.7 Å². The van der Waals surface area contributed by atoms with Crippen LogP contribution in [0.15, 0.2) is 24.3 Å². The van der Waals surface area contributed by atoms with E-state index >= 15 is 0 Å². The van der Waals surface area contributed by atoms with Crippen LogP contribution < -0.4 is 10.6 Å². The first-order chi connectivity index (χ1) is 13.2. The summed E-state index contributed by atoms with van der Waals surface area (Å²) in [7, 11) is 0. The van der Waals surface area contributed by atoms with Crippen LogP contribution in [0.4, 0.5) is 0 Å². The molecule has 1 aromatic heterocycles. The van der Waals surface area contributed by atoms with Crippen molar-refractivity contribution >= 4 is 17.5 Å². The number of aromatic amines is 1. The number of aromatic nitrogens is 2. The standard InChI is InChI=1S/C19H24ClN5O2/c20-15-4-2-1-3-13(15)17(25-7-9-27-10-8-25)12-22-19(26)18-14-11-21-6-5-16(14)23-24-18/h1-4,17,21H,5-12H2,(H,22,26)(H,23,24). The van der Waals surface area contributed by atoms with Gasteiger partial charge >= 0.3 is 0 Å². The molecule has 0 spiro atoms. The minimum atomic E-state index is -0.151. The highest BCUT2D eigenvalue weighted by molar-refractivity contribution is 6.31. The first-order valence-electron chi connectivity index (χ1n) is 9.35. The van der Waals surface area contributed by atoms with E-state index in [1.54, 1.807) is 0 Å². The molecule has 0 bridgehead atoms. The van der Waals surface area contributed by atoms with Gasteiger partial charge in [-0.1, -0.05) is 29.8 Å². The molecule has 0 saturated carbocycles. The Bertz CT molecular complexity index is 803. The van der Waals surface area contributed by atoms with Crippen LogP contribution >= 0.6 is 11.6 Å². The minimum Gasteiger partial charge on any atom is -0.379 e. The summed E-state index contributed by atoms with van der Waals surface area (Å²) in [4.78, 5) is 15.1. The molecule has 1 amide bonds. The van der Waals surface area contributed by atoms with Gasteiger partial charge in [0.25, 0.3) is 5.91 Å². The molecule has 2 aliphatic heterocycles. The summed E-state index contributed by atoms with van der Waals surface area (Å²) < 4.78 is 5.48. The third kappa shape index (κ3) is 4.01. The number of rotatable bonds is 5. The monoisotopic (exact) mass is 389 g/mol. The second kappa shape index (κ2) is 8.39. The summed E-state index contributed by atoms with van der Waals surface area (Å²) in [5.74, 6) is -0.151. The predicted octanol–water partition coefficient (Wildman–Crippen LogP) is 1.51. The Kier molecular flexibility index (Phi) is 5.73. The molecule has 3 heterocycles. The lowest BCUT2D eigenvalue weighted by Crippen LogP contribution is -2.44. The molecule has 3 N–H and O–H groups in total. The molecule has 1 atom stereocenters. The highest BCUT2D eigenvalue weighted by atomic mass is 35.5. The molecule has 144 valence electrons. The van der Waals surface area contributed by atoms with Crippen LogP contribution in [0.25, 0.3) is 0 Å². The maximum atomic E-state index is 12.8. The molecule has 1 fully saturated rings. The Balaban J connectivity index is 1.51. The van der Waals surface area contributed by atoms with Crippen LogP contribution in [0, 0.1) is 0 Å². The molecule has 2 aliphatic rings. The Morgan fingerprint density at radius 2 is 2.15 bits per heavy atom. The first-order valence-corrected chi connectivity index (χ1v) is 9.73. The van der Waals surface area contributed by atoms with E-state index in [1.165, 1.54) is 0 Å². The third-order valence-electron chi connectivity index (χ3n) is 5.23. The molecular formula is C19H24ClN5O2. The largest absolute Gasteiger partial charge is 0.379 e. The van der Waals surface area contributed by atoms with Gasteiger partial charge in [-0.2, -0.15) is 5.10 Å². The molecule has 7 nitrogen and oxygen atoms in total. The number of nitrogens with zero attached hydrogens (tertiary/aromatic N) is 2. The van der Waals surface area contributed by atoms with Gasteiger partial charge in [-0.15, -0.1) is 0 Å². The lowest BCUT2D eigenvalue weighted by Gasteiger charge is -2.35. The molecule has 27 heavy (non-hydrogen) atoms. The molecule has 2 aromatic rings. The van der Waals surface area contributed by atoms with Crippen molar-refractivity contribution in [1.29, 1.82) is 0 Å². The zero-order valence-electron chi connectivity index (χ0n) is 15.1. The van der Waals surface area contributed by atoms with Crippen molar-refractivity contribution in [2.75, 3.05) is 39.4 Å². The fraction of sp³-hybridized carbons (Fsp3) is 0.474. The lowest BCUT2D eigenvalue weighted by atomic mass is 10.0. The summed E-state index contributed by atoms with van der Waals surface area (Å²) in [6.45, 7) is 5.05. The minimum absolute atomic E-state index is 0.000516. The number of hydrogen-bond acceptors (Lipinski definition) is 5. The SMILES string of the molecule is O=C(NCC(c1ccccc1Cl)N1CCOCC1)c1n[nH]c2c1CNCC2. The van der Waals surface area contributed by atoms with Gasteiger partial charge in [0.05, 0.1) is 19.3 Å². The number of halogens is 1. The zero-order chi connectivity index (χ0) is 18.6. The number of benzene rings is 1. The van der Waals surface area contributed by atoms with Gasteiger partial charge in [0.15, 0.2) is 5.69 Å². The van der Waals surface area contributed by atoms with Crippen molar-refractivity contribution < 1.29 is 9.53 Å². The highest BCUT2D eigenvalue weighted by Crippen LogP contribution is 2.28. The normalized spacial score (nSPS) is 18.7. The van der Waals surface area contributed by atoms with Crippen molar-refractivity contribution in [3.8, 4) is 0 Å². The Hall–Kier alpha value is -1.93. The number of H-pyrrole nitrogens is 1. The van der Waals surface area contributed by atoms with Crippen molar-refractivity contribution in [1.82, 2.24) is 25.7 Å². The molecule has 8 heteroatoms. The van der Waals surface area contributed by atoms with E-state index in [9.17, 15) is 4.79 Å². The second-order valence-electron chi connectivity index (χ2n) is 6.85. The number of morpholine rings is 1. The van der Waals surface area contributed by atoms with Crippen LogP contribution in [0.1, 0.15) is 33.4 Å². The summed E-state index contributed by atoms with van der Waals surface area (Å²) in [5, 5.41) is 14.3. The van der Waals surface area contributed by atoms with E-state index in [1.807, 2.05) is 24.3 Å². The molecule has 1 saturated heterocycles. The van der Waals surface area contributed by atoms with Gasteiger partial charge in [0, 0.05) is 55.4 Å². The van der Waals surface area contributed by atoms with E-state index in [0.717, 1.165) is 42.9 Å². The molecule has 1 aromatic carbocycles. The Labute approximate surface area is 163 Å². The van der Waals surface area contributed by atoms with E-state index < -0.39 is 0 Å². The number of nitrogens with one attached hydrogen (secondary N) is 3. The topological polar surface area (TPSA) is 82.3 Å². The van der Waals surface area contributed by atoms with Crippen LogP contribution in [0.3, 0.4) is 0 Å². The number of hydrogen-bond donors (Lipinski definition) is 3. The zero-order valence-corrected chi connectivity index (χ0v) is 15.9. The Morgan fingerprint density at radius 3 is 2.96 bits per heavy atom. The summed E-state index contributed by atoms with van der Waals surface area (Å²) >= 11 is 6.45. The van der Waals surface area contributed by atoms with Crippen LogP contribution in [-0.4, -0.2) is 60.4 Å². The van der Waals surface area contributed by atoms with Crippen LogP contribution in [0.5, 0.6) is 0 Å². The summed E-state index contributed by atoms with van der Waals surface area (Å²) in [5.41, 5.74) is 3.53. The molecular weight excluding hydrogens is 366 g/mol. The quantitative estimate of drug-likeness (QED) is 0.722. The van der Waals surface area contributed by atoms with Gasteiger partial charge in [-0.25, -0.2) is 0 Å². The van der Waals surface area contributed by atoms with Crippen molar-refractivity contribution in [2.45, 2.75) is 19.0 Å². The van der Waals surface area contributed by atoms with Gasteiger partial charge in [-0.3, -0.25) is 14.8 Å². The number of amides is 1. The molecule has 0 radical (unpaired) electrons. The maximum absolute atomic E-state index is 12.8. The maximum Gasteiger partial charge on any atom is 0.272 e. The number of fused-ring (bicyclic) bond motifs is 1. The van der Waals surface area contributed by atoms with Gasteiger partial charge in [0.2, 0.25) is 0 Å². The Morgan fingerprint density at radius 1 is 1.33 bits per heavy atom. The number of ether oxygens (including phenoxy) is 1. The van der Waals surface area contributed by atoms with Gasteiger partial charge in [0.1, 0.15) is 0 Å². The average Bonchev–Trinajstić information content (AvgIpc) is 3.14. The molecule has 4 rings (SSSR count). The van der Waals surface area contributed by atoms with Crippen molar-refractivity contribution in [3.63, 3.8) is 0 Å². The van der Waals surface area contributed by atoms with Crippen molar-refractivity contribution in [3.05, 3.63) is 51.8 Å². The number of carbonyl (C=O) groups is 1. The highest BCUT2D eigenvalue weighted by Gasteiger charge is 2.27. The van der Waals surface area contributed by atoms with E-state index in [4.69, 9.17) is 16.3 Å². The first kappa shape index (κ1) is 18.4. The number of carbonyl (C=O) groups excluding carboxylic acids is 1. The summed E-state index contributed by atoms with van der Waals surface area (Å²) in [6, 6.07) is 7.81. The predicted molar refractivity (Wildman–Crippen MR) is 103 cm³/mol. The third-order valence-corrected chi connectivity index (χ3v) is 5.57. The van der Waals surface area contributed by atoms with E-state index in [0.29, 0.717) is 37.0 Å². The van der Waals surface area contributed by atoms with Crippen LogP contribution in [0.2, 0.25) is 5.02 Å². The van der Waals surface area contributed by atoms with Gasteiger partial charge < -0.3 is 15.4 Å². The summed E-state index contributed by atoms with van der Waals surface area (Å²) in [6.07, 6.45) is 0.867. The molecule has 0 aliphatic carbocycles. The van der Waals surface area contributed by atoms with E-state index in [2.05, 4.69) is 25.7 Å². The van der Waals surface area contributed by atoms with Gasteiger partial charge in [-0.05, 0) is 11.6 Å². The second-order valence-corrected chi connectivity index (χ2v) is 7.26. The smallest absolute Gasteiger partial charge is 0.272 e. The average molecular weight is 390 g/mol. The van der Waals surface area contributed by atoms with Crippen molar-refractivity contribution in [2.24, 2.45) is 0 Å².